The first-order valence-corrected chi connectivity index (χ1v) is 11.0. The smallest absolute Gasteiger partial charge is 0.257 e. The molecule has 0 spiro atoms. The quantitative estimate of drug-likeness (QED) is 0.563. The molecule has 0 aromatic carbocycles. The molecule has 176 valence electrons. The zero-order valence-corrected chi connectivity index (χ0v) is 18.5. The molecule has 3 aromatic rings. The van der Waals surface area contributed by atoms with Crippen LogP contribution in [0.3, 0.4) is 0 Å². The van der Waals surface area contributed by atoms with Crippen molar-refractivity contribution in [3.63, 3.8) is 0 Å². The number of anilines is 4. The largest absolute Gasteiger partial charge is 0.389 e. The average Bonchev–Trinajstić information content (AvgIpc) is 2.83. The third-order valence-corrected chi connectivity index (χ3v) is 5.87. The summed E-state index contributed by atoms with van der Waals surface area (Å²) in [4.78, 5) is 39.8. The number of nitrogens with one attached hydrogen (secondary N) is 1. The molecular formula is C22H24FN9O2. The van der Waals surface area contributed by atoms with E-state index in [1.165, 1.54) is 6.20 Å². The Bertz CT molecular complexity index is 1140. The second kappa shape index (κ2) is 9.14. The predicted octanol–water partition coefficient (Wildman–Crippen LogP) is 0.949. The fourth-order valence-electron chi connectivity index (χ4n) is 3.99. The molecule has 12 heteroatoms. The number of aliphatic hydroxyl groups is 1. The van der Waals surface area contributed by atoms with Crippen molar-refractivity contribution in [3.05, 3.63) is 54.5 Å². The van der Waals surface area contributed by atoms with Crippen molar-refractivity contribution in [1.82, 2.24) is 24.9 Å². The van der Waals surface area contributed by atoms with Crippen LogP contribution in [0.25, 0.3) is 0 Å². The maximum Gasteiger partial charge on any atom is 0.257 e. The highest BCUT2D eigenvalue weighted by molar-refractivity contribution is 6.04. The number of hydrogen-bond acceptors (Lipinski definition) is 10. The van der Waals surface area contributed by atoms with Gasteiger partial charge in [-0.2, -0.15) is 0 Å². The van der Waals surface area contributed by atoms with Crippen molar-refractivity contribution in [2.75, 3.05) is 52.7 Å². The van der Waals surface area contributed by atoms with Gasteiger partial charge in [0.1, 0.15) is 5.82 Å². The van der Waals surface area contributed by atoms with Crippen LogP contribution in [0.2, 0.25) is 0 Å². The first-order valence-electron chi connectivity index (χ1n) is 11.0. The van der Waals surface area contributed by atoms with E-state index >= 15 is 0 Å². The standard InChI is InChI=1S/C22H24FN9O2/c1-14-11-30(21-25-7-16(23)8-26-21)4-5-32(14)22-27-9-17(10-28-22)29-20(34)15-2-3-19(24-6-15)31-12-18(33)13-31/h2-3,6-10,14,18,33H,4-5,11-13H2,1H3,(H,29,34)/t14-/m0/s1. The monoisotopic (exact) mass is 465 g/mol. The van der Waals surface area contributed by atoms with E-state index in [1.54, 1.807) is 24.5 Å². The lowest BCUT2D eigenvalue weighted by Gasteiger charge is -2.39. The number of β-amino-alcohol motifs (C(OH)–C–C–N with tert-alkyl or cyclic N) is 1. The maximum absolute atomic E-state index is 13.1. The van der Waals surface area contributed by atoms with E-state index in [1.807, 2.05) is 16.7 Å². The van der Waals surface area contributed by atoms with Crippen molar-refractivity contribution in [3.8, 4) is 0 Å². The fraction of sp³-hybridized carbons (Fsp3) is 0.364. The number of halogens is 1. The molecule has 34 heavy (non-hydrogen) atoms. The Morgan fingerprint density at radius 3 is 2.26 bits per heavy atom. The molecule has 2 aliphatic rings. The molecule has 1 amide bonds. The van der Waals surface area contributed by atoms with Crippen LogP contribution in [-0.2, 0) is 0 Å². The highest BCUT2D eigenvalue weighted by atomic mass is 19.1. The second-order valence-corrected chi connectivity index (χ2v) is 8.38. The number of carbonyl (C=O) groups is 1. The summed E-state index contributed by atoms with van der Waals surface area (Å²) in [7, 11) is 0. The summed E-state index contributed by atoms with van der Waals surface area (Å²) < 4.78 is 13.1. The van der Waals surface area contributed by atoms with E-state index in [9.17, 15) is 14.3 Å². The number of amides is 1. The number of aliphatic hydroxyl groups excluding tert-OH is 1. The van der Waals surface area contributed by atoms with Crippen LogP contribution < -0.4 is 20.0 Å². The SMILES string of the molecule is C[C@H]1CN(c2ncc(F)cn2)CCN1c1ncc(NC(=O)c2ccc(N3CC(O)C3)nc2)cn1. The van der Waals surface area contributed by atoms with Crippen LogP contribution in [0.15, 0.2) is 43.1 Å². The molecule has 2 fully saturated rings. The molecule has 3 aromatic heterocycles. The van der Waals surface area contributed by atoms with E-state index in [2.05, 4.69) is 35.1 Å². The van der Waals surface area contributed by atoms with E-state index in [0.29, 0.717) is 55.9 Å². The van der Waals surface area contributed by atoms with Gasteiger partial charge in [-0.05, 0) is 19.1 Å². The summed E-state index contributed by atoms with van der Waals surface area (Å²) in [6.07, 6.45) is 6.67. The number of hydrogen-bond donors (Lipinski definition) is 2. The summed E-state index contributed by atoms with van der Waals surface area (Å²) in [5, 5.41) is 12.2. The number of piperazine rings is 1. The molecule has 2 aliphatic heterocycles. The van der Waals surface area contributed by atoms with Crippen molar-refractivity contribution >= 4 is 29.3 Å². The number of carbonyl (C=O) groups excluding carboxylic acids is 1. The molecule has 1 atom stereocenters. The Hall–Kier alpha value is -3.93. The lowest BCUT2D eigenvalue weighted by Crippen LogP contribution is -2.53. The van der Waals surface area contributed by atoms with Gasteiger partial charge >= 0.3 is 0 Å². The highest BCUT2D eigenvalue weighted by Gasteiger charge is 2.27. The molecular weight excluding hydrogens is 441 g/mol. The minimum atomic E-state index is -0.461. The molecule has 0 aliphatic carbocycles. The maximum atomic E-state index is 13.1. The van der Waals surface area contributed by atoms with Crippen molar-refractivity contribution < 1.29 is 14.3 Å². The lowest BCUT2D eigenvalue weighted by atomic mass is 10.1. The predicted molar refractivity (Wildman–Crippen MR) is 123 cm³/mol. The Labute approximate surface area is 195 Å². The third kappa shape index (κ3) is 4.57. The molecule has 0 saturated carbocycles. The number of rotatable bonds is 5. The Morgan fingerprint density at radius 2 is 1.65 bits per heavy atom. The van der Waals surface area contributed by atoms with Gasteiger partial charge in [-0.1, -0.05) is 0 Å². The van der Waals surface area contributed by atoms with Crippen LogP contribution in [-0.4, -0.2) is 80.8 Å². The number of pyridine rings is 1. The van der Waals surface area contributed by atoms with E-state index in [-0.39, 0.29) is 18.1 Å². The van der Waals surface area contributed by atoms with Gasteiger partial charge in [0.25, 0.3) is 5.91 Å². The van der Waals surface area contributed by atoms with Crippen LogP contribution in [0.5, 0.6) is 0 Å². The Balaban J connectivity index is 1.17. The van der Waals surface area contributed by atoms with Crippen LogP contribution >= 0.6 is 0 Å². The molecule has 0 radical (unpaired) electrons. The first-order chi connectivity index (χ1) is 16.5. The zero-order chi connectivity index (χ0) is 23.7. The Morgan fingerprint density at radius 1 is 0.941 bits per heavy atom. The topological polar surface area (TPSA) is 124 Å². The fourth-order valence-corrected chi connectivity index (χ4v) is 3.99. The average molecular weight is 465 g/mol. The second-order valence-electron chi connectivity index (χ2n) is 8.38. The third-order valence-electron chi connectivity index (χ3n) is 5.87. The molecule has 2 N–H and O–H groups in total. The van der Waals surface area contributed by atoms with Crippen LogP contribution in [0, 0.1) is 5.82 Å². The van der Waals surface area contributed by atoms with Crippen LogP contribution in [0.1, 0.15) is 17.3 Å². The van der Waals surface area contributed by atoms with Gasteiger partial charge in [-0.15, -0.1) is 0 Å². The van der Waals surface area contributed by atoms with Crippen LogP contribution in [0.4, 0.5) is 27.8 Å². The molecule has 5 heterocycles. The van der Waals surface area contributed by atoms with Crippen molar-refractivity contribution in [2.45, 2.75) is 19.1 Å². The van der Waals surface area contributed by atoms with Gasteiger partial charge < -0.3 is 25.1 Å². The van der Waals surface area contributed by atoms with Crippen molar-refractivity contribution in [2.24, 2.45) is 0 Å². The molecule has 5 rings (SSSR count). The summed E-state index contributed by atoms with van der Waals surface area (Å²) in [6.45, 7) is 5.10. The first kappa shape index (κ1) is 21.9. The number of aromatic nitrogens is 5. The van der Waals surface area contributed by atoms with Gasteiger partial charge in [0.15, 0.2) is 5.82 Å². The molecule has 0 unspecified atom stereocenters. The van der Waals surface area contributed by atoms with Gasteiger partial charge in [0.2, 0.25) is 11.9 Å². The molecule has 2 saturated heterocycles. The van der Waals surface area contributed by atoms with Gasteiger partial charge in [-0.25, -0.2) is 29.3 Å². The Kier molecular flexibility index (Phi) is 5.88. The zero-order valence-electron chi connectivity index (χ0n) is 18.5. The summed E-state index contributed by atoms with van der Waals surface area (Å²) in [5.74, 6) is 1.02. The normalized spacial score (nSPS) is 18.6. The number of nitrogens with zero attached hydrogens (tertiary/aromatic N) is 8. The van der Waals surface area contributed by atoms with Crippen molar-refractivity contribution in [1.29, 1.82) is 0 Å². The van der Waals surface area contributed by atoms with Gasteiger partial charge in [0, 0.05) is 45.0 Å². The summed E-state index contributed by atoms with van der Waals surface area (Å²) in [5.41, 5.74) is 0.899. The summed E-state index contributed by atoms with van der Waals surface area (Å²) in [6, 6.07) is 3.54. The van der Waals surface area contributed by atoms with Gasteiger partial charge in [-0.3, -0.25) is 4.79 Å². The molecule has 11 nitrogen and oxygen atoms in total. The van der Waals surface area contributed by atoms with E-state index < -0.39 is 5.82 Å². The highest BCUT2D eigenvalue weighted by Crippen LogP contribution is 2.21. The van der Waals surface area contributed by atoms with E-state index in [4.69, 9.17) is 0 Å². The lowest BCUT2D eigenvalue weighted by molar-refractivity contribution is 0.102. The minimum absolute atomic E-state index is 0.0833. The summed E-state index contributed by atoms with van der Waals surface area (Å²) >= 11 is 0. The van der Waals surface area contributed by atoms with E-state index in [0.717, 1.165) is 18.2 Å². The van der Waals surface area contributed by atoms with Gasteiger partial charge in [0.05, 0.1) is 42.1 Å². The molecule has 0 bridgehead atoms. The minimum Gasteiger partial charge on any atom is -0.389 e.